The van der Waals surface area contributed by atoms with E-state index in [0.717, 1.165) is 12.8 Å². The molecule has 0 saturated carbocycles. The maximum atomic E-state index is 8.74. The molecule has 0 spiro atoms. The Morgan fingerprint density at radius 2 is 1.00 bits per heavy atom. The van der Waals surface area contributed by atoms with Crippen LogP contribution >= 0.6 is 0 Å². The quantitative estimate of drug-likeness (QED) is 0.323. The van der Waals surface area contributed by atoms with Crippen LogP contribution < -0.4 is 11.5 Å². The van der Waals surface area contributed by atoms with Crippen LogP contribution in [0.1, 0.15) is 25.0 Å². The van der Waals surface area contributed by atoms with E-state index in [4.69, 9.17) is 29.0 Å². The van der Waals surface area contributed by atoms with Crippen LogP contribution in [0.15, 0.2) is 60.7 Å². The van der Waals surface area contributed by atoms with Crippen molar-refractivity contribution < 1.29 is 17.5 Å². The van der Waals surface area contributed by atoms with Gasteiger partial charge < -0.3 is 11.5 Å². The molecule has 0 unspecified atom stereocenters. The number of rotatable bonds is 4. The van der Waals surface area contributed by atoms with Crippen LogP contribution in [0.4, 0.5) is 0 Å². The van der Waals surface area contributed by atoms with Crippen LogP contribution in [0.25, 0.3) is 0 Å². The van der Waals surface area contributed by atoms with E-state index in [1.54, 1.807) is 0 Å². The SMILES string of the molecule is C[C@H](N)Cc1ccccc1.C[C@H](N)Cc1ccccc1.O=S(=O)(O)O.[PbH2]. The molecule has 0 bridgehead atoms. The molecule has 0 heterocycles. The molecule has 2 radical (unpaired) electrons. The number of hydrogen-bond donors (Lipinski definition) is 4. The molecule has 6 nitrogen and oxygen atoms in total. The van der Waals surface area contributed by atoms with Gasteiger partial charge in [0.2, 0.25) is 0 Å². The van der Waals surface area contributed by atoms with Crippen molar-refractivity contribution in [1.29, 1.82) is 0 Å². The van der Waals surface area contributed by atoms with Gasteiger partial charge >= 0.3 is 37.7 Å². The first-order chi connectivity index (χ1) is 11.6. The second-order valence-electron chi connectivity index (χ2n) is 5.78. The van der Waals surface area contributed by atoms with Crippen LogP contribution in [0.3, 0.4) is 0 Å². The molecule has 2 rings (SSSR count). The molecular formula is C18H30N2O4PbS. The fraction of sp³-hybridized carbons (Fsp3) is 0.333. The molecule has 2 aromatic rings. The zero-order valence-electron chi connectivity index (χ0n) is 15.3. The van der Waals surface area contributed by atoms with Gasteiger partial charge in [0.15, 0.2) is 0 Å². The van der Waals surface area contributed by atoms with E-state index in [1.807, 2.05) is 50.2 Å². The third-order valence-corrected chi connectivity index (χ3v) is 2.80. The Morgan fingerprint density at radius 3 is 1.19 bits per heavy atom. The van der Waals surface area contributed by atoms with Gasteiger partial charge in [-0.1, -0.05) is 60.7 Å². The molecule has 26 heavy (non-hydrogen) atoms. The summed E-state index contributed by atoms with van der Waals surface area (Å²) >= 11 is 0. The van der Waals surface area contributed by atoms with Gasteiger partial charge in [-0.05, 0) is 37.8 Å². The first-order valence-corrected chi connectivity index (χ1v) is 9.26. The summed E-state index contributed by atoms with van der Waals surface area (Å²) in [7, 11) is -4.67. The van der Waals surface area contributed by atoms with Crippen molar-refractivity contribution in [1.82, 2.24) is 0 Å². The van der Waals surface area contributed by atoms with Crippen molar-refractivity contribution in [2.45, 2.75) is 38.8 Å². The molecule has 0 saturated heterocycles. The average Bonchev–Trinajstić information content (AvgIpc) is 2.47. The van der Waals surface area contributed by atoms with E-state index < -0.39 is 10.4 Å². The summed E-state index contributed by atoms with van der Waals surface area (Å²) in [5.74, 6) is 0. The van der Waals surface area contributed by atoms with Crippen molar-refractivity contribution in [3.63, 3.8) is 0 Å². The van der Waals surface area contributed by atoms with Gasteiger partial charge in [-0.3, -0.25) is 9.11 Å². The van der Waals surface area contributed by atoms with Gasteiger partial charge in [-0.25, -0.2) is 0 Å². The fourth-order valence-corrected chi connectivity index (χ4v) is 1.97. The van der Waals surface area contributed by atoms with Crippen LogP contribution in [0.5, 0.6) is 0 Å². The molecule has 0 fully saturated rings. The summed E-state index contributed by atoms with van der Waals surface area (Å²) in [6.45, 7) is 4.04. The third kappa shape index (κ3) is 21.2. The minimum atomic E-state index is -4.67. The average molecular weight is 578 g/mol. The predicted molar refractivity (Wildman–Crippen MR) is 110 cm³/mol. The molecule has 0 aliphatic heterocycles. The van der Waals surface area contributed by atoms with Crippen LogP contribution in [0, 0.1) is 0 Å². The van der Waals surface area contributed by atoms with Gasteiger partial charge in [0.05, 0.1) is 0 Å². The zero-order valence-corrected chi connectivity index (χ0v) is 21.6. The summed E-state index contributed by atoms with van der Waals surface area (Å²) < 4.78 is 31.6. The molecule has 8 heteroatoms. The van der Waals surface area contributed by atoms with Crippen molar-refractivity contribution in [2.75, 3.05) is 0 Å². The molecule has 0 aliphatic carbocycles. The molecule has 0 amide bonds. The first kappa shape index (κ1) is 27.4. The number of hydrogen-bond acceptors (Lipinski definition) is 4. The van der Waals surface area contributed by atoms with Gasteiger partial charge in [-0.2, -0.15) is 8.42 Å². The molecule has 6 N–H and O–H groups in total. The zero-order chi connectivity index (χ0) is 19.3. The Kier molecular flexibility index (Phi) is 16.0. The summed E-state index contributed by atoms with van der Waals surface area (Å²) in [4.78, 5) is 0. The van der Waals surface area contributed by atoms with Crippen molar-refractivity contribution in [3.8, 4) is 0 Å². The summed E-state index contributed by atoms with van der Waals surface area (Å²) in [6, 6.07) is 21.1. The van der Waals surface area contributed by atoms with Crippen molar-refractivity contribution in [3.05, 3.63) is 71.8 Å². The van der Waals surface area contributed by atoms with E-state index in [1.165, 1.54) is 11.1 Å². The standard InChI is InChI=1S/2C9H13N.H2O4S.Pb.2H/c2*1-8(10)7-9-5-3-2-4-6-9;1-5(2,3)4;;;/h2*2-6,8H,7,10H2,1H3;(H2,1,2,3,4);;;/t2*8-;;;;/m00..../s1. The maximum absolute atomic E-state index is 8.74. The van der Waals surface area contributed by atoms with Gasteiger partial charge in [0.1, 0.15) is 0 Å². The van der Waals surface area contributed by atoms with Crippen LogP contribution in [-0.4, -0.2) is 56.9 Å². The van der Waals surface area contributed by atoms with E-state index in [2.05, 4.69) is 24.3 Å². The van der Waals surface area contributed by atoms with E-state index >= 15 is 0 Å². The van der Waals surface area contributed by atoms with E-state index in [-0.39, 0.29) is 39.4 Å². The van der Waals surface area contributed by atoms with Crippen molar-refractivity contribution in [2.24, 2.45) is 11.5 Å². The Labute approximate surface area is 176 Å². The normalized spacial score (nSPS) is 12.2. The predicted octanol–water partition coefficient (Wildman–Crippen LogP) is 1.58. The Balaban J connectivity index is 0. The Bertz CT molecular complexity index is 613. The van der Waals surface area contributed by atoms with E-state index in [0.29, 0.717) is 0 Å². The van der Waals surface area contributed by atoms with Gasteiger partial charge in [-0.15, -0.1) is 0 Å². The summed E-state index contributed by atoms with van der Waals surface area (Å²) in [5.41, 5.74) is 13.9. The molecule has 2 atom stereocenters. The topological polar surface area (TPSA) is 127 Å². The van der Waals surface area contributed by atoms with Gasteiger partial charge in [0.25, 0.3) is 0 Å². The fourth-order valence-electron chi connectivity index (χ4n) is 1.97. The van der Waals surface area contributed by atoms with Crippen molar-refractivity contribution >= 4 is 37.7 Å². The monoisotopic (exact) mass is 578 g/mol. The van der Waals surface area contributed by atoms with Gasteiger partial charge in [0, 0.05) is 12.1 Å². The molecular weight excluding hydrogens is 547 g/mol. The van der Waals surface area contributed by atoms with E-state index in [9.17, 15) is 0 Å². The second-order valence-corrected chi connectivity index (χ2v) is 6.68. The molecule has 146 valence electrons. The minimum absolute atomic E-state index is 0. The number of nitrogens with two attached hydrogens (primary N) is 2. The Hall–Kier alpha value is -0.848. The number of benzene rings is 2. The second kappa shape index (κ2) is 15.2. The third-order valence-electron chi connectivity index (χ3n) is 2.80. The summed E-state index contributed by atoms with van der Waals surface area (Å²) in [5, 5.41) is 0. The van der Waals surface area contributed by atoms with Crippen LogP contribution in [0.2, 0.25) is 0 Å². The van der Waals surface area contributed by atoms with Crippen LogP contribution in [-0.2, 0) is 23.2 Å². The first-order valence-electron chi connectivity index (χ1n) is 7.86. The molecule has 0 aromatic heterocycles. The molecule has 2 aromatic carbocycles. The Morgan fingerprint density at radius 1 is 0.769 bits per heavy atom. The molecule has 0 aliphatic rings. The summed E-state index contributed by atoms with van der Waals surface area (Å²) in [6.07, 6.45) is 1.95.